The maximum atomic E-state index is 5.65. The van der Waals surface area contributed by atoms with E-state index in [2.05, 4.69) is 49.5 Å². The van der Waals surface area contributed by atoms with Gasteiger partial charge in [0.15, 0.2) is 0 Å². The molecule has 0 saturated heterocycles. The minimum absolute atomic E-state index is 0.229. The third-order valence-electron chi connectivity index (χ3n) is 3.69. The molecule has 0 spiro atoms. The van der Waals surface area contributed by atoms with Crippen LogP contribution in [0, 0.1) is 10.2 Å². The van der Waals surface area contributed by atoms with Gasteiger partial charge in [0.1, 0.15) is 0 Å². The van der Waals surface area contributed by atoms with Crippen molar-refractivity contribution in [3.63, 3.8) is 0 Å². The molecule has 154 valence electrons. The molecular weight excluding hydrogens is 364 g/mol. The lowest BCUT2D eigenvalue weighted by atomic mass is 9.87. The SMILES string of the molecule is C/C=C/CCOc1nc(=S)[nH]c2ccccc12.C=C(/C=C\C)C(C)(C)C.CC. The van der Waals surface area contributed by atoms with Crippen molar-refractivity contribution in [1.29, 1.82) is 0 Å². The summed E-state index contributed by atoms with van der Waals surface area (Å²) in [5.74, 6) is 0.605. The number of allylic oxidation sites excluding steroid dienone is 4. The molecule has 2 rings (SSSR count). The largest absolute Gasteiger partial charge is 0.477 e. The Hall–Kier alpha value is -2.20. The zero-order valence-electron chi connectivity index (χ0n) is 18.5. The predicted molar refractivity (Wildman–Crippen MR) is 127 cm³/mol. The van der Waals surface area contributed by atoms with Gasteiger partial charge in [-0.2, -0.15) is 4.98 Å². The van der Waals surface area contributed by atoms with E-state index in [-0.39, 0.29) is 5.41 Å². The number of rotatable bonds is 5. The standard InChI is InChI=1S/C13H14N2OS.C9H16.C2H6/c1-2-3-6-9-16-12-10-7-4-5-8-11(10)14-13(17)15-12;1-6-7-8(2)9(3,4)5;1-2/h2-5,7-8H,6,9H2,1H3,(H,14,15,17);6-7H,2H2,1,3-5H3;1-2H3/b3-2+;7-6-;. The van der Waals surface area contributed by atoms with E-state index in [9.17, 15) is 0 Å². The zero-order valence-corrected chi connectivity index (χ0v) is 19.3. The number of aromatic amines is 1. The maximum absolute atomic E-state index is 5.65. The first kappa shape index (κ1) is 25.8. The van der Waals surface area contributed by atoms with Gasteiger partial charge in [0, 0.05) is 0 Å². The highest BCUT2D eigenvalue weighted by atomic mass is 32.1. The number of para-hydroxylation sites is 1. The van der Waals surface area contributed by atoms with Gasteiger partial charge in [-0.15, -0.1) is 0 Å². The molecule has 0 unspecified atom stereocenters. The van der Waals surface area contributed by atoms with Crippen LogP contribution in [0.5, 0.6) is 5.88 Å². The Balaban J connectivity index is 0.000000566. The summed E-state index contributed by atoms with van der Waals surface area (Å²) in [5.41, 5.74) is 2.37. The van der Waals surface area contributed by atoms with Gasteiger partial charge in [-0.05, 0) is 50.0 Å². The normalized spacial score (nSPS) is 11.0. The average Bonchev–Trinajstić information content (AvgIpc) is 2.66. The minimum Gasteiger partial charge on any atom is -0.477 e. The Kier molecular flexibility index (Phi) is 12.8. The third kappa shape index (κ3) is 9.65. The summed E-state index contributed by atoms with van der Waals surface area (Å²) in [5, 5.41) is 0.960. The number of fused-ring (bicyclic) bond motifs is 1. The fourth-order valence-corrected chi connectivity index (χ4v) is 2.22. The molecule has 28 heavy (non-hydrogen) atoms. The molecule has 0 aliphatic heterocycles. The van der Waals surface area contributed by atoms with Crippen LogP contribution in [-0.2, 0) is 0 Å². The van der Waals surface area contributed by atoms with Crippen LogP contribution < -0.4 is 4.74 Å². The zero-order chi connectivity index (χ0) is 21.6. The van der Waals surface area contributed by atoms with E-state index in [0.717, 1.165) is 17.3 Å². The minimum atomic E-state index is 0.229. The van der Waals surface area contributed by atoms with Crippen molar-refractivity contribution in [3.05, 3.63) is 65.5 Å². The number of H-pyrrole nitrogens is 1. The van der Waals surface area contributed by atoms with Crippen molar-refractivity contribution in [2.75, 3.05) is 6.61 Å². The molecule has 1 aromatic heterocycles. The number of hydrogen-bond donors (Lipinski definition) is 1. The highest BCUT2D eigenvalue weighted by Gasteiger charge is 2.10. The average molecular weight is 401 g/mol. The lowest BCUT2D eigenvalue weighted by molar-refractivity contribution is 0.315. The molecule has 0 aliphatic carbocycles. The Bertz CT molecular complexity index is 826. The highest BCUT2D eigenvalue weighted by Crippen LogP contribution is 2.24. The van der Waals surface area contributed by atoms with Gasteiger partial charge < -0.3 is 9.72 Å². The van der Waals surface area contributed by atoms with Crippen LogP contribution in [0.2, 0.25) is 0 Å². The first-order chi connectivity index (χ1) is 13.3. The van der Waals surface area contributed by atoms with Gasteiger partial charge in [-0.25, -0.2) is 0 Å². The summed E-state index contributed by atoms with van der Waals surface area (Å²) in [7, 11) is 0. The highest BCUT2D eigenvalue weighted by molar-refractivity contribution is 7.71. The van der Waals surface area contributed by atoms with Crippen molar-refractivity contribution in [1.82, 2.24) is 9.97 Å². The molecule has 0 saturated carbocycles. The Morgan fingerprint density at radius 2 is 1.82 bits per heavy atom. The fourth-order valence-electron chi connectivity index (χ4n) is 2.03. The van der Waals surface area contributed by atoms with Crippen LogP contribution in [0.4, 0.5) is 0 Å². The molecule has 3 nitrogen and oxygen atoms in total. The molecule has 0 radical (unpaired) electrons. The van der Waals surface area contributed by atoms with Crippen molar-refractivity contribution in [3.8, 4) is 5.88 Å². The van der Waals surface area contributed by atoms with Gasteiger partial charge in [0.05, 0.1) is 17.5 Å². The van der Waals surface area contributed by atoms with Gasteiger partial charge in [-0.3, -0.25) is 0 Å². The van der Waals surface area contributed by atoms with E-state index in [4.69, 9.17) is 17.0 Å². The number of hydrogen-bond acceptors (Lipinski definition) is 3. The van der Waals surface area contributed by atoms with E-state index in [0.29, 0.717) is 17.3 Å². The van der Waals surface area contributed by atoms with Crippen LogP contribution in [0.3, 0.4) is 0 Å². The molecule has 1 N–H and O–H groups in total. The van der Waals surface area contributed by atoms with Crippen molar-refractivity contribution in [2.45, 2.75) is 54.9 Å². The lowest BCUT2D eigenvalue weighted by Crippen LogP contribution is -2.05. The fraction of sp³-hybridized carbons (Fsp3) is 0.417. The summed E-state index contributed by atoms with van der Waals surface area (Å²) >= 11 is 5.07. The molecule has 0 fully saturated rings. The summed E-state index contributed by atoms with van der Waals surface area (Å²) < 4.78 is 6.10. The second-order valence-electron chi connectivity index (χ2n) is 6.87. The Labute approximate surface area is 176 Å². The predicted octanol–water partition coefficient (Wildman–Crippen LogP) is 7.83. The van der Waals surface area contributed by atoms with Gasteiger partial charge >= 0.3 is 0 Å². The van der Waals surface area contributed by atoms with Crippen LogP contribution in [0.25, 0.3) is 10.9 Å². The van der Waals surface area contributed by atoms with Crippen LogP contribution >= 0.6 is 12.2 Å². The third-order valence-corrected chi connectivity index (χ3v) is 3.89. The van der Waals surface area contributed by atoms with E-state index in [1.807, 2.05) is 64.1 Å². The number of ether oxygens (including phenoxy) is 1. The van der Waals surface area contributed by atoms with E-state index in [1.54, 1.807) is 0 Å². The van der Waals surface area contributed by atoms with Gasteiger partial charge in [-0.1, -0.05) is 83.2 Å². The number of aromatic nitrogens is 2. The molecule has 1 aromatic carbocycles. The first-order valence-electron chi connectivity index (χ1n) is 9.84. The first-order valence-corrected chi connectivity index (χ1v) is 10.3. The van der Waals surface area contributed by atoms with Crippen LogP contribution in [-0.4, -0.2) is 16.6 Å². The molecule has 4 heteroatoms. The lowest BCUT2D eigenvalue weighted by Gasteiger charge is -2.18. The summed E-state index contributed by atoms with van der Waals surface area (Å²) in [4.78, 5) is 7.25. The van der Waals surface area contributed by atoms with Gasteiger partial charge in [0.2, 0.25) is 10.7 Å². The second kappa shape index (κ2) is 13.9. The Morgan fingerprint density at radius 1 is 1.18 bits per heavy atom. The molecular formula is C24H36N2OS. The molecule has 0 aliphatic rings. The molecule has 2 aromatic rings. The summed E-state index contributed by atoms with van der Waals surface area (Å²) in [6, 6.07) is 7.85. The van der Waals surface area contributed by atoms with Crippen molar-refractivity contribution in [2.24, 2.45) is 5.41 Å². The van der Waals surface area contributed by atoms with E-state index in [1.165, 1.54) is 5.57 Å². The van der Waals surface area contributed by atoms with Crippen LogP contribution in [0.1, 0.15) is 54.9 Å². The van der Waals surface area contributed by atoms with E-state index >= 15 is 0 Å². The Morgan fingerprint density at radius 3 is 2.36 bits per heavy atom. The smallest absolute Gasteiger partial charge is 0.225 e. The quantitative estimate of drug-likeness (QED) is 0.240. The van der Waals surface area contributed by atoms with Crippen LogP contribution in [0.15, 0.2) is 60.7 Å². The molecule has 0 amide bonds. The molecule has 0 bridgehead atoms. The van der Waals surface area contributed by atoms with E-state index < -0.39 is 0 Å². The molecule has 1 heterocycles. The summed E-state index contributed by atoms with van der Waals surface area (Å²) in [6.07, 6.45) is 9.02. The second-order valence-corrected chi connectivity index (χ2v) is 7.26. The summed E-state index contributed by atoms with van der Waals surface area (Å²) in [6.45, 7) is 19.0. The topological polar surface area (TPSA) is 37.9 Å². The number of nitrogens with one attached hydrogen (secondary N) is 1. The van der Waals surface area contributed by atoms with Crippen molar-refractivity contribution >= 4 is 23.1 Å². The number of benzene rings is 1. The maximum Gasteiger partial charge on any atom is 0.225 e. The van der Waals surface area contributed by atoms with Crippen molar-refractivity contribution < 1.29 is 4.74 Å². The van der Waals surface area contributed by atoms with Gasteiger partial charge in [0.25, 0.3) is 0 Å². The molecule has 0 atom stereocenters. The monoisotopic (exact) mass is 400 g/mol. The number of nitrogens with zero attached hydrogens (tertiary/aromatic N) is 1.